The van der Waals surface area contributed by atoms with E-state index in [2.05, 4.69) is 0 Å². The normalized spacial score (nSPS) is 23.9. The molecule has 0 aromatic rings. The smallest absolute Gasteiger partial charge is 0.161 e. The third-order valence-corrected chi connectivity index (χ3v) is 2.48. The lowest BCUT2D eigenvalue weighted by atomic mass is 9.96. The van der Waals surface area contributed by atoms with E-state index >= 15 is 0 Å². The molecule has 1 saturated carbocycles. The Balaban J connectivity index is 2.65. The van der Waals surface area contributed by atoms with Crippen molar-refractivity contribution < 1.29 is 9.53 Å². The predicted octanol–water partition coefficient (Wildman–Crippen LogP) is 1.39. The van der Waals surface area contributed by atoms with Crippen LogP contribution in [0.4, 0.5) is 0 Å². The molecular formula is C8H14O2. The molecule has 0 aromatic carbocycles. The zero-order valence-electron chi connectivity index (χ0n) is 6.81. The van der Waals surface area contributed by atoms with Crippen molar-refractivity contribution in [3.8, 4) is 0 Å². The van der Waals surface area contributed by atoms with Crippen molar-refractivity contribution in [3.63, 3.8) is 0 Å². The SMILES string of the molecule is CO[C@@](C)(C(C)=O)C1CC1. The summed E-state index contributed by atoms with van der Waals surface area (Å²) < 4.78 is 5.17. The van der Waals surface area contributed by atoms with Gasteiger partial charge >= 0.3 is 0 Å². The molecule has 58 valence electrons. The minimum atomic E-state index is -0.486. The van der Waals surface area contributed by atoms with Gasteiger partial charge in [-0.3, -0.25) is 4.79 Å². The number of hydrogen-bond donors (Lipinski definition) is 0. The second kappa shape index (κ2) is 2.35. The minimum absolute atomic E-state index is 0.150. The van der Waals surface area contributed by atoms with Gasteiger partial charge in [-0.25, -0.2) is 0 Å². The van der Waals surface area contributed by atoms with Crippen LogP contribution in [0, 0.1) is 5.92 Å². The van der Waals surface area contributed by atoms with Gasteiger partial charge < -0.3 is 4.74 Å². The number of rotatable bonds is 3. The fourth-order valence-electron chi connectivity index (χ4n) is 1.23. The van der Waals surface area contributed by atoms with Gasteiger partial charge in [-0.05, 0) is 32.6 Å². The molecule has 0 saturated heterocycles. The maximum atomic E-state index is 11.1. The van der Waals surface area contributed by atoms with Gasteiger partial charge in [0.1, 0.15) is 5.60 Å². The molecule has 0 radical (unpaired) electrons. The minimum Gasteiger partial charge on any atom is -0.370 e. The van der Waals surface area contributed by atoms with Crippen molar-refractivity contribution in [1.29, 1.82) is 0 Å². The van der Waals surface area contributed by atoms with Gasteiger partial charge in [-0.2, -0.15) is 0 Å². The van der Waals surface area contributed by atoms with E-state index < -0.39 is 5.60 Å². The van der Waals surface area contributed by atoms with Crippen LogP contribution in [0.25, 0.3) is 0 Å². The summed E-state index contributed by atoms with van der Waals surface area (Å²) in [6, 6.07) is 0. The van der Waals surface area contributed by atoms with Gasteiger partial charge in [0.15, 0.2) is 5.78 Å². The summed E-state index contributed by atoms with van der Waals surface area (Å²) in [5.74, 6) is 0.632. The summed E-state index contributed by atoms with van der Waals surface area (Å²) in [6.45, 7) is 3.48. The number of hydrogen-bond acceptors (Lipinski definition) is 2. The first-order chi connectivity index (χ1) is 4.61. The zero-order chi connectivity index (χ0) is 7.78. The van der Waals surface area contributed by atoms with E-state index in [1.807, 2.05) is 6.92 Å². The molecule has 1 fully saturated rings. The molecule has 10 heavy (non-hydrogen) atoms. The highest BCUT2D eigenvalue weighted by Gasteiger charge is 2.45. The van der Waals surface area contributed by atoms with Crippen LogP contribution in [0.15, 0.2) is 0 Å². The Morgan fingerprint density at radius 1 is 1.60 bits per heavy atom. The number of ketones is 1. The van der Waals surface area contributed by atoms with Crippen LogP contribution in [0.3, 0.4) is 0 Å². The van der Waals surface area contributed by atoms with Gasteiger partial charge in [0, 0.05) is 7.11 Å². The monoisotopic (exact) mass is 142 g/mol. The van der Waals surface area contributed by atoms with Gasteiger partial charge in [0.05, 0.1) is 0 Å². The fraction of sp³-hybridized carbons (Fsp3) is 0.875. The predicted molar refractivity (Wildman–Crippen MR) is 38.8 cm³/mol. The van der Waals surface area contributed by atoms with Crippen molar-refractivity contribution in [2.75, 3.05) is 7.11 Å². The first kappa shape index (κ1) is 7.73. The van der Waals surface area contributed by atoms with E-state index in [1.165, 1.54) is 0 Å². The Morgan fingerprint density at radius 2 is 2.10 bits per heavy atom. The second-order valence-corrected chi connectivity index (χ2v) is 3.14. The Bertz CT molecular complexity index is 149. The number of carbonyl (C=O) groups is 1. The van der Waals surface area contributed by atoms with Crippen molar-refractivity contribution in [2.45, 2.75) is 32.3 Å². The van der Waals surface area contributed by atoms with Crippen LogP contribution in [0.5, 0.6) is 0 Å². The molecule has 0 aliphatic heterocycles. The summed E-state index contributed by atoms with van der Waals surface area (Å²) in [5.41, 5.74) is -0.486. The Kier molecular flexibility index (Phi) is 1.82. The topological polar surface area (TPSA) is 26.3 Å². The van der Waals surface area contributed by atoms with Crippen LogP contribution in [-0.4, -0.2) is 18.5 Å². The van der Waals surface area contributed by atoms with E-state index in [0.29, 0.717) is 5.92 Å². The summed E-state index contributed by atoms with van der Waals surface area (Å²) in [7, 11) is 1.61. The molecule has 0 unspecified atom stereocenters. The lowest BCUT2D eigenvalue weighted by molar-refractivity contribution is -0.139. The Hall–Kier alpha value is -0.370. The van der Waals surface area contributed by atoms with E-state index in [-0.39, 0.29) is 5.78 Å². The Labute approximate surface area is 61.6 Å². The molecule has 0 spiro atoms. The highest BCUT2D eigenvalue weighted by molar-refractivity contribution is 5.85. The third-order valence-electron chi connectivity index (χ3n) is 2.48. The molecule has 0 bridgehead atoms. The summed E-state index contributed by atoms with van der Waals surface area (Å²) in [5, 5.41) is 0. The van der Waals surface area contributed by atoms with Crippen molar-refractivity contribution >= 4 is 5.78 Å². The van der Waals surface area contributed by atoms with Crippen molar-refractivity contribution in [1.82, 2.24) is 0 Å². The van der Waals surface area contributed by atoms with Crippen LogP contribution in [0.2, 0.25) is 0 Å². The zero-order valence-corrected chi connectivity index (χ0v) is 6.81. The highest BCUT2D eigenvalue weighted by atomic mass is 16.5. The van der Waals surface area contributed by atoms with E-state index in [1.54, 1.807) is 14.0 Å². The molecule has 0 heterocycles. The standard InChI is InChI=1S/C8H14O2/c1-6(9)8(2,10-3)7-4-5-7/h7H,4-5H2,1-3H3/t8-/m0/s1. The molecule has 1 aliphatic carbocycles. The fourth-order valence-corrected chi connectivity index (χ4v) is 1.23. The third kappa shape index (κ3) is 1.08. The Morgan fingerprint density at radius 3 is 2.20 bits per heavy atom. The van der Waals surface area contributed by atoms with Crippen LogP contribution >= 0.6 is 0 Å². The van der Waals surface area contributed by atoms with Crippen molar-refractivity contribution in [3.05, 3.63) is 0 Å². The quantitative estimate of drug-likeness (QED) is 0.595. The molecule has 1 aliphatic rings. The average molecular weight is 142 g/mol. The summed E-state index contributed by atoms with van der Waals surface area (Å²) in [4.78, 5) is 11.1. The van der Waals surface area contributed by atoms with Gasteiger partial charge in [0.2, 0.25) is 0 Å². The first-order valence-electron chi connectivity index (χ1n) is 3.67. The molecule has 0 N–H and O–H groups in total. The lowest BCUT2D eigenvalue weighted by Crippen LogP contribution is -2.37. The lowest BCUT2D eigenvalue weighted by Gasteiger charge is -2.24. The average Bonchev–Trinajstić information content (AvgIpc) is 2.67. The van der Waals surface area contributed by atoms with Crippen LogP contribution in [-0.2, 0) is 9.53 Å². The number of ether oxygens (including phenoxy) is 1. The highest BCUT2D eigenvalue weighted by Crippen LogP contribution is 2.41. The first-order valence-corrected chi connectivity index (χ1v) is 3.67. The maximum absolute atomic E-state index is 11.1. The van der Waals surface area contributed by atoms with Crippen molar-refractivity contribution in [2.24, 2.45) is 5.92 Å². The molecule has 2 heteroatoms. The van der Waals surface area contributed by atoms with E-state index in [9.17, 15) is 4.79 Å². The molecular weight excluding hydrogens is 128 g/mol. The molecule has 1 rings (SSSR count). The largest absolute Gasteiger partial charge is 0.370 e. The van der Waals surface area contributed by atoms with Crippen LogP contribution in [0.1, 0.15) is 26.7 Å². The van der Waals surface area contributed by atoms with Gasteiger partial charge in [-0.15, -0.1) is 0 Å². The maximum Gasteiger partial charge on any atom is 0.161 e. The van der Waals surface area contributed by atoms with Gasteiger partial charge in [-0.1, -0.05) is 0 Å². The second-order valence-electron chi connectivity index (χ2n) is 3.14. The molecule has 0 aromatic heterocycles. The van der Waals surface area contributed by atoms with E-state index in [4.69, 9.17) is 4.74 Å². The number of carbonyl (C=O) groups excluding carboxylic acids is 1. The molecule has 2 nitrogen and oxygen atoms in total. The van der Waals surface area contributed by atoms with E-state index in [0.717, 1.165) is 12.8 Å². The number of methoxy groups -OCH3 is 1. The molecule has 1 atom stereocenters. The van der Waals surface area contributed by atoms with Gasteiger partial charge in [0.25, 0.3) is 0 Å². The number of Topliss-reactive ketones (excluding diaryl/α,β-unsaturated/α-hetero) is 1. The summed E-state index contributed by atoms with van der Waals surface area (Å²) in [6.07, 6.45) is 2.29. The summed E-state index contributed by atoms with van der Waals surface area (Å²) >= 11 is 0. The van der Waals surface area contributed by atoms with Crippen LogP contribution < -0.4 is 0 Å². The molecule has 0 amide bonds.